The quantitative estimate of drug-likeness (QED) is 0.111. The molecule has 36 heavy (non-hydrogen) atoms. The zero-order chi connectivity index (χ0) is 27.8. The van der Waals surface area contributed by atoms with Gasteiger partial charge in [-0.15, -0.1) is 0 Å². The second-order valence-corrected chi connectivity index (χ2v) is 12.7. The summed E-state index contributed by atoms with van der Waals surface area (Å²) in [6.45, 7) is 16.5. The highest BCUT2D eigenvalue weighted by Crippen LogP contribution is 2.27. The van der Waals surface area contributed by atoms with Gasteiger partial charge in [0.25, 0.3) is 10.1 Å². The molecule has 0 aromatic heterocycles. The van der Waals surface area contributed by atoms with Crippen LogP contribution >= 0.6 is 0 Å². The number of hydrogen-bond acceptors (Lipinski definition) is 4. The van der Waals surface area contributed by atoms with E-state index >= 15 is 0 Å². The highest BCUT2D eigenvalue weighted by Gasteiger charge is 2.34. The smallest absolute Gasteiger partial charge is 0.264 e. The maximum Gasteiger partial charge on any atom is 0.264 e. The Labute approximate surface area is 223 Å². The van der Waals surface area contributed by atoms with Crippen LogP contribution in [0.25, 0.3) is 0 Å². The first-order valence-corrected chi connectivity index (χ1v) is 15.3. The molecule has 0 aliphatic carbocycles. The zero-order valence-corrected chi connectivity index (χ0v) is 25.4. The average molecular weight is 523 g/mol. The van der Waals surface area contributed by atoms with Crippen LogP contribution in [0.5, 0.6) is 0 Å². The van der Waals surface area contributed by atoms with E-state index in [1.54, 1.807) is 6.92 Å². The summed E-state index contributed by atoms with van der Waals surface area (Å²) in [7, 11) is -3.66. The fourth-order valence-electron chi connectivity index (χ4n) is 3.95. The third-order valence-electron chi connectivity index (χ3n) is 6.26. The van der Waals surface area contributed by atoms with Crippen molar-refractivity contribution in [3.05, 3.63) is 58.2 Å². The van der Waals surface area contributed by atoms with Crippen LogP contribution in [0.15, 0.2) is 58.2 Å². The molecule has 0 aliphatic rings. The topological polar surface area (TPSA) is 63.6 Å². The van der Waals surface area contributed by atoms with E-state index in [1.807, 2.05) is 13.8 Å². The summed E-state index contributed by atoms with van der Waals surface area (Å²) < 4.78 is 28.9. The van der Waals surface area contributed by atoms with Crippen LogP contribution in [0.2, 0.25) is 0 Å². The Bertz CT molecular complexity index is 891. The van der Waals surface area contributed by atoms with Crippen LogP contribution < -0.4 is 0 Å². The summed E-state index contributed by atoms with van der Waals surface area (Å²) in [5.41, 5.74) is 5.42. The van der Waals surface area contributed by atoms with Gasteiger partial charge in [-0.2, -0.15) is 8.42 Å². The van der Waals surface area contributed by atoms with Crippen LogP contribution in [0, 0.1) is 0 Å². The van der Waals surface area contributed by atoms with E-state index in [0.717, 1.165) is 44.8 Å². The molecule has 0 aliphatic heterocycles. The van der Waals surface area contributed by atoms with Gasteiger partial charge < -0.3 is 5.11 Å². The van der Waals surface area contributed by atoms with E-state index in [-0.39, 0.29) is 0 Å². The van der Waals surface area contributed by atoms with E-state index in [4.69, 9.17) is 4.18 Å². The van der Waals surface area contributed by atoms with Crippen LogP contribution in [0.3, 0.4) is 0 Å². The predicted octanol–water partition coefficient (Wildman–Crippen LogP) is 8.75. The van der Waals surface area contributed by atoms with E-state index in [0.29, 0.717) is 25.7 Å². The molecular formula is C31H54O4S. The van der Waals surface area contributed by atoms with Gasteiger partial charge in [0.2, 0.25) is 0 Å². The van der Waals surface area contributed by atoms with Gasteiger partial charge in [-0.3, -0.25) is 4.18 Å². The van der Waals surface area contributed by atoms with Crippen molar-refractivity contribution in [1.29, 1.82) is 0 Å². The third kappa shape index (κ3) is 19.7. The van der Waals surface area contributed by atoms with Gasteiger partial charge in [0.15, 0.2) is 0 Å². The molecule has 2 atom stereocenters. The summed E-state index contributed by atoms with van der Waals surface area (Å²) in [5.74, 6) is 0. The van der Waals surface area contributed by atoms with E-state index in [1.165, 1.54) is 27.9 Å². The molecule has 0 saturated carbocycles. The fraction of sp³-hybridized carbons (Fsp3) is 0.677. The van der Waals surface area contributed by atoms with Crippen molar-refractivity contribution < 1.29 is 17.7 Å². The summed E-state index contributed by atoms with van der Waals surface area (Å²) in [5, 5.41) is 11.0. The van der Waals surface area contributed by atoms with Crippen LogP contribution in [-0.4, -0.2) is 31.5 Å². The van der Waals surface area contributed by atoms with Crippen molar-refractivity contribution in [2.24, 2.45) is 0 Å². The number of hydrogen-bond donors (Lipinski definition) is 1. The highest BCUT2D eigenvalue weighted by atomic mass is 32.2. The van der Waals surface area contributed by atoms with Gasteiger partial charge in [-0.1, -0.05) is 58.2 Å². The standard InChI is InChI=1S/C31H54O4S/c1-25(2)15-12-19-28(6)21-13-20-27(5)17-10-11-18-29(7)22-23-30(35-36(9,33)34)31(8,32)24-14-16-26(3)4/h15-18,21,30,32H,10-14,19-20,22-24H2,1-9H3/b27-17+,28-21+,29-18+/t30-,31+/m1/s1. The fourth-order valence-corrected chi connectivity index (χ4v) is 4.67. The van der Waals surface area contributed by atoms with Gasteiger partial charge in [-0.05, 0) is 120 Å². The lowest BCUT2D eigenvalue weighted by Crippen LogP contribution is -2.42. The van der Waals surface area contributed by atoms with Crippen molar-refractivity contribution in [3.63, 3.8) is 0 Å². The van der Waals surface area contributed by atoms with Crippen LogP contribution in [0.4, 0.5) is 0 Å². The molecule has 0 amide bonds. The molecular weight excluding hydrogens is 468 g/mol. The molecule has 0 radical (unpaired) electrons. The van der Waals surface area contributed by atoms with Gasteiger partial charge >= 0.3 is 0 Å². The Morgan fingerprint density at radius 2 is 1.14 bits per heavy atom. The lowest BCUT2D eigenvalue weighted by atomic mass is 9.89. The zero-order valence-electron chi connectivity index (χ0n) is 24.6. The lowest BCUT2D eigenvalue weighted by Gasteiger charge is -2.32. The molecule has 0 fully saturated rings. The minimum Gasteiger partial charge on any atom is -0.387 e. The Kier molecular flexibility index (Phi) is 17.2. The minimum absolute atomic E-state index is 0.454. The monoisotopic (exact) mass is 522 g/mol. The molecule has 0 aromatic rings. The minimum atomic E-state index is -3.66. The van der Waals surface area contributed by atoms with E-state index < -0.39 is 21.8 Å². The number of rotatable bonds is 18. The summed E-state index contributed by atoms with van der Waals surface area (Å²) >= 11 is 0. The Hall–Kier alpha value is -1.43. The molecule has 0 unspecified atom stereocenters. The van der Waals surface area contributed by atoms with Crippen LogP contribution in [0.1, 0.15) is 120 Å². The maximum atomic E-state index is 11.8. The summed E-state index contributed by atoms with van der Waals surface area (Å²) in [4.78, 5) is 0. The third-order valence-corrected chi connectivity index (χ3v) is 6.85. The largest absolute Gasteiger partial charge is 0.387 e. The molecule has 1 N–H and O–H groups in total. The molecule has 4 nitrogen and oxygen atoms in total. The summed E-state index contributed by atoms with van der Waals surface area (Å²) in [6.07, 6.45) is 20.2. The van der Waals surface area contributed by atoms with E-state index in [9.17, 15) is 13.5 Å². The van der Waals surface area contributed by atoms with Gasteiger partial charge in [0, 0.05) is 0 Å². The molecule has 0 heterocycles. The number of unbranched alkanes of at least 4 members (excludes halogenated alkanes) is 1. The maximum absolute atomic E-state index is 11.8. The first-order chi connectivity index (χ1) is 16.6. The highest BCUT2D eigenvalue weighted by molar-refractivity contribution is 7.86. The first kappa shape index (κ1) is 34.6. The number of aliphatic hydroxyl groups is 1. The van der Waals surface area contributed by atoms with Crippen molar-refractivity contribution in [2.45, 2.75) is 131 Å². The average Bonchev–Trinajstić information content (AvgIpc) is 2.72. The predicted molar refractivity (Wildman–Crippen MR) is 157 cm³/mol. The van der Waals surface area contributed by atoms with Crippen molar-refractivity contribution in [1.82, 2.24) is 0 Å². The van der Waals surface area contributed by atoms with E-state index in [2.05, 4.69) is 65.0 Å². The van der Waals surface area contributed by atoms with Crippen molar-refractivity contribution in [3.8, 4) is 0 Å². The van der Waals surface area contributed by atoms with Crippen molar-refractivity contribution >= 4 is 10.1 Å². The molecule has 208 valence electrons. The normalized spacial score (nSPS) is 15.9. The van der Waals surface area contributed by atoms with Gasteiger partial charge in [0.1, 0.15) is 6.10 Å². The Balaban J connectivity index is 4.69. The second-order valence-electron chi connectivity index (χ2n) is 11.1. The summed E-state index contributed by atoms with van der Waals surface area (Å²) in [6, 6.07) is 0. The molecule has 0 bridgehead atoms. The lowest BCUT2D eigenvalue weighted by molar-refractivity contribution is -0.0532. The molecule has 0 spiro atoms. The van der Waals surface area contributed by atoms with Crippen molar-refractivity contribution in [2.75, 3.05) is 6.26 Å². The first-order valence-electron chi connectivity index (χ1n) is 13.5. The van der Waals surface area contributed by atoms with Crippen LogP contribution in [-0.2, 0) is 14.3 Å². The second kappa shape index (κ2) is 17.9. The molecule has 5 heteroatoms. The Morgan fingerprint density at radius 1 is 0.722 bits per heavy atom. The van der Waals surface area contributed by atoms with Gasteiger partial charge in [-0.25, -0.2) is 0 Å². The Morgan fingerprint density at radius 3 is 1.61 bits per heavy atom. The molecule has 0 saturated heterocycles. The SMILES string of the molecule is CC(C)=CCC/C(C)=C/CC/C(C)=C/CC/C=C(\C)CC[C@@H](OS(C)(=O)=O)[C@@](C)(O)CCC=C(C)C. The number of allylic oxidation sites excluding steroid dienone is 10. The molecule has 0 rings (SSSR count). The van der Waals surface area contributed by atoms with Gasteiger partial charge in [0.05, 0.1) is 11.9 Å². The molecule has 0 aromatic carbocycles.